The second kappa shape index (κ2) is 7.23. The first-order chi connectivity index (χ1) is 9.63. The second-order valence-electron chi connectivity index (χ2n) is 5.34. The Morgan fingerprint density at radius 3 is 2.70 bits per heavy atom. The lowest BCUT2D eigenvalue weighted by Gasteiger charge is -2.18. The molecular formula is C16H23BrN2O. The molecule has 0 saturated heterocycles. The maximum Gasteiger partial charge on any atom is 0.223 e. The summed E-state index contributed by atoms with van der Waals surface area (Å²) in [7, 11) is 0. The summed E-state index contributed by atoms with van der Waals surface area (Å²) in [4.78, 5) is 14.5. The van der Waals surface area contributed by atoms with Crippen LogP contribution in [0.4, 0.5) is 0 Å². The van der Waals surface area contributed by atoms with Gasteiger partial charge in [0.15, 0.2) is 0 Å². The van der Waals surface area contributed by atoms with Crippen LogP contribution in [0.5, 0.6) is 0 Å². The van der Waals surface area contributed by atoms with Crippen LogP contribution in [0.1, 0.15) is 25.0 Å². The lowest BCUT2D eigenvalue weighted by atomic mass is 10.1. The van der Waals surface area contributed by atoms with Crippen molar-refractivity contribution in [3.63, 3.8) is 0 Å². The van der Waals surface area contributed by atoms with E-state index >= 15 is 0 Å². The molecule has 20 heavy (non-hydrogen) atoms. The van der Waals surface area contributed by atoms with Gasteiger partial charge in [-0.15, -0.1) is 0 Å². The molecule has 0 heterocycles. The number of likely N-dealkylation sites (N-methyl/N-ethyl adjacent to an activating group) is 1. The Morgan fingerprint density at radius 1 is 1.30 bits per heavy atom. The van der Waals surface area contributed by atoms with Crippen LogP contribution in [0.2, 0.25) is 0 Å². The van der Waals surface area contributed by atoms with Crippen LogP contribution in [0, 0.1) is 5.92 Å². The number of halogens is 1. The number of nitrogens with one attached hydrogen (secondary N) is 1. The van der Waals surface area contributed by atoms with Crippen LogP contribution >= 0.6 is 15.9 Å². The van der Waals surface area contributed by atoms with Crippen LogP contribution in [0.3, 0.4) is 0 Å². The monoisotopic (exact) mass is 338 g/mol. The third-order valence-electron chi connectivity index (χ3n) is 4.09. The van der Waals surface area contributed by atoms with Gasteiger partial charge in [-0.05, 0) is 49.2 Å². The zero-order chi connectivity index (χ0) is 14.5. The van der Waals surface area contributed by atoms with Crippen molar-refractivity contribution in [3.05, 3.63) is 33.8 Å². The van der Waals surface area contributed by atoms with Gasteiger partial charge in [0.25, 0.3) is 0 Å². The van der Waals surface area contributed by atoms with Crippen molar-refractivity contribution in [2.24, 2.45) is 5.92 Å². The lowest BCUT2D eigenvalue weighted by Crippen LogP contribution is -2.37. The Kier molecular flexibility index (Phi) is 5.61. The van der Waals surface area contributed by atoms with Gasteiger partial charge >= 0.3 is 0 Å². The number of carbonyl (C=O) groups is 1. The second-order valence-corrected chi connectivity index (χ2v) is 6.25. The van der Waals surface area contributed by atoms with Gasteiger partial charge in [0.1, 0.15) is 0 Å². The summed E-state index contributed by atoms with van der Waals surface area (Å²) in [5.41, 5.74) is 2.63. The molecule has 1 aromatic carbocycles. The quantitative estimate of drug-likeness (QED) is 0.864. The molecule has 0 aromatic heterocycles. The topological polar surface area (TPSA) is 32.3 Å². The Bertz CT molecular complexity index is 472. The summed E-state index contributed by atoms with van der Waals surface area (Å²) in [6.07, 6.45) is 1.74. The van der Waals surface area contributed by atoms with Crippen molar-refractivity contribution in [1.29, 1.82) is 0 Å². The Labute approximate surface area is 129 Å². The van der Waals surface area contributed by atoms with Crippen molar-refractivity contribution in [2.45, 2.75) is 26.7 Å². The third-order valence-corrected chi connectivity index (χ3v) is 4.59. The molecule has 110 valence electrons. The van der Waals surface area contributed by atoms with E-state index in [0.717, 1.165) is 43.5 Å². The van der Waals surface area contributed by atoms with E-state index in [1.807, 2.05) is 0 Å². The summed E-state index contributed by atoms with van der Waals surface area (Å²) in [6, 6.07) is 6.32. The highest BCUT2D eigenvalue weighted by Crippen LogP contribution is 2.29. The minimum atomic E-state index is 0.107. The SMILES string of the molecule is CCN(CC)CCNC(=O)C1Cc2ccc(Br)cc2C1. The van der Waals surface area contributed by atoms with E-state index in [9.17, 15) is 4.79 Å². The fourth-order valence-electron chi connectivity index (χ4n) is 2.79. The molecule has 0 spiro atoms. The minimum absolute atomic E-state index is 0.107. The zero-order valence-corrected chi connectivity index (χ0v) is 13.9. The van der Waals surface area contributed by atoms with Gasteiger partial charge in [-0.25, -0.2) is 0 Å². The van der Waals surface area contributed by atoms with Gasteiger partial charge in [-0.3, -0.25) is 4.79 Å². The smallest absolute Gasteiger partial charge is 0.223 e. The fourth-order valence-corrected chi connectivity index (χ4v) is 3.20. The summed E-state index contributed by atoms with van der Waals surface area (Å²) in [5.74, 6) is 0.306. The molecule has 4 heteroatoms. The molecule has 0 saturated carbocycles. The average Bonchev–Trinajstić information content (AvgIpc) is 2.86. The molecule has 1 amide bonds. The predicted octanol–water partition coefficient (Wildman–Crippen LogP) is 2.62. The molecule has 3 nitrogen and oxygen atoms in total. The third kappa shape index (κ3) is 3.83. The first kappa shape index (κ1) is 15.5. The van der Waals surface area contributed by atoms with E-state index < -0.39 is 0 Å². The predicted molar refractivity (Wildman–Crippen MR) is 85.8 cm³/mol. The molecular weight excluding hydrogens is 316 g/mol. The normalized spacial score (nSPS) is 17.3. The maximum absolute atomic E-state index is 12.2. The van der Waals surface area contributed by atoms with Crippen LogP contribution in [-0.4, -0.2) is 37.0 Å². The van der Waals surface area contributed by atoms with Gasteiger partial charge in [0, 0.05) is 23.5 Å². The highest BCUT2D eigenvalue weighted by Gasteiger charge is 2.27. The molecule has 0 bridgehead atoms. The number of fused-ring (bicyclic) bond motifs is 1. The Balaban J connectivity index is 1.81. The summed E-state index contributed by atoms with van der Waals surface area (Å²) < 4.78 is 1.10. The van der Waals surface area contributed by atoms with Crippen molar-refractivity contribution in [3.8, 4) is 0 Å². The van der Waals surface area contributed by atoms with Gasteiger partial charge in [0.2, 0.25) is 5.91 Å². The number of hydrogen-bond donors (Lipinski definition) is 1. The van der Waals surface area contributed by atoms with Crippen LogP contribution in [0.15, 0.2) is 22.7 Å². The molecule has 2 rings (SSSR count). The van der Waals surface area contributed by atoms with E-state index in [4.69, 9.17) is 0 Å². The summed E-state index contributed by atoms with van der Waals surface area (Å²) >= 11 is 3.49. The zero-order valence-electron chi connectivity index (χ0n) is 12.3. The van der Waals surface area contributed by atoms with E-state index in [2.05, 4.69) is 58.2 Å². The number of amides is 1. The lowest BCUT2D eigenvalue weighted by molar-refractivity contribution is -0.124. The van der Waals surface area contributed by atoms with Crippen molar-refractivity contribution >= 4 is 21.8 Å². The van der Waals surface area contributed by atoms with E-state index in [0.29, 0.717) is 0 Å². The summed E-state index contributed by atoms with van der Waals surface area (Å²) in [6.45, 7) is 8.05. The number of benzene rings is 1. The first-order valence-corrected chi connectivity index (χ1v) is 8.20. The molecule has 1 atom stereocenters. The van der Waals surface area contributed by atoms with Crippen molar-refractivity contribution in [1.82, 2.24) is 10.2 Å². The fraction of sp³-hybridized carbons (Fsp3) is 0.562. The van der Waals surface area contributed by atoms with E-state index in [-0.39, 0.29) is 11.8 Å². The number of nitrogens with zero attached hydrogens (tertiary/aromatic N) is 1. The Morgan fingerprint density at radius 2 is 2.00 bits per heavy atom. The Hall–Kier alpha value is -0.870. The largest absolute Gasteiger partial charge is 0.355 e. The van der Waals surface area contributed by atoms with E-state index in [1.165, 1.54) is 11.1 Å². The molecule has 0 radical (unpaired) electrons. The molecule has 1 aromatic rings. The molecule has 0 aliphatic heterocycles. The number of carbonyl (C=O) groups excluding carboxylic acids is 1. The molecule has 1 aliphatic rings. The highest BCUT2D eigenvalue weighted by molar-refractivity contribution is 9.10. The van der Waals surface area contributed by atoms with Gasteiger partial charge < -0.3 is 10.2 Å². The highest BCUT2D eigenvalue weighted by atomic mass is 79.9. The molecule has 1 unspecified atom stereocenters. The first-order valence-electron chi connectivity index (χ1n) is 7.41. The number of hydrogen-bond acceptors (Lipinski definition) is 2. The van der Waals surface area contributed by atoms with Gasteiger partial charge in [-0.1, -0.05) is 35.8 Å². The average molecular weight is 339 g/mol. The van der Waals surface area contributed by atoms with Crippen LogP contribution < -0.4 is 5.32 Å². The molecule has 1 aliphatic carbocycles. The minimum Gasteiger partial charge on any atom is -0.355 e. The molecule has 1 N–H and O–H groups in total. The van der Waals surface area contributed by atoms with Crippen molar-refractivity contribution < 1.29 is 4.79 Å². The standard InChI is InChI=1S/C16H23BrN2O/c1-3-19(4-2)8-7-18-16(20)14-9-12-5-6-15(17)11-13(12)10-14/h5-6,11,14H,3-4,7-10H2,1-2H3,(H,18,20). The molecule has 0 fully saturated rings. The summed E-state index contributed by atoms with van der Waals surface area (Å²) in [5, 5.41) is 3.08. The maximum atomic E-state index is 12.2. The van der Waals surface area contributed by atoms with Gasteiger partial charge in [0.05, 0.1) is 0 Å². The van der Waals surface area contributed by atoms with E-state index in [1.54, 1.807) is 0 Å². The van der Waals surface area contributed by atoms with Crippen LogP contribution in [0.25, 0.3) is 0 Å². The van der Waals surface area contributed by atoms with Gasteiger partial charge in [-0.2, -0.15) is 0 Å². The number of rotatable bonds is 6. The van der Waals surface area contributed by atoms with Crippen molar-refractivity contribution in [2.75, 3.05) is 26.2 Å². The van der Waals surface area contributed by atoms with Crippen LogP contribution in [-0.2, 0) is 17.6 Å².